The van der Waals surface area contributed by atoms with Crippen molar-refractivity contribution in [2.75, 3.05) is 12.8 Å². The zero-order valence-electron chi connectivity index (χ0n) is 9.58. The summed E-state index contributed by atoms with van der Waals surface area (Å²) in [6.45, 7) is 0. The fourth-order valence-corrected chi connectivity index (χ4v) is 1.74. The lowest BCUT2D eigenvalue weighted by atomic mass is 10.1. The molecule has 7 heteroatoms. The van der Waals surface area contributed by atoms with Crippen LogP contribution in [0.3, 0.4) is 0 Å². The molecule has 0 atom stereocenters. The summed E-state index contributed by atoms with van der Waals surface area (Å²) < 4.78 is 5.01. The van der Waals surface area contributed by atoms with Crippen LogP contribution in [0.5, 0.6) is 5.88 Å². The first-order valence-electron chi connectivity index (χ1n) is 5.24. The van der Waals surface area contributed by atoms with Crippen molar-refractivity contribution in [2.45, 2.75) is 0 Å². The summed E-state index contributed by atoms with van der Waals surface area (Å²) in [4.78, 5) is 12.1. The minimum absolute atomic E-state index is 0.388. The molecule has 0 radical (unpaired) electrons. The first-order chi connectivity index (χ1) is 8.79. The van der Waals surface area contributed by atoms with Gasteiger partial charge in [-0.3, -0.25) is 5.10 Å². The topological polar surface area (TPSA) is 103 Å². The molecule has 0 aliphatic carbocycles. The number of pyridine rings is 1. The number of methoxy groups -OCH3 is 1. The zero-order valence-corrected chi connectivity index (χ0v) is 9.58. The maximum Gasteiger partial charge on any atom is 0.212 e. The van der Waals surface area contributed by atoms with Crippen molar-refractivity contribution in [1.29, 1.82) is 0 Å². The fraction of sp³-hybridized carbons (Fsp3) is 0.0909. The fourth-order valence-electron chi connectivity index (χ4n) is 1.74. The molecule has 7 nitrogen and oxygen atoms in total. The molecule has 0 saturated carbocycles. The molecule has 90 valence electrons. The van der Waals surface area contributed by atoms with E-state index < -0.39 is 0 Å². The molecule has 0 aliphatic heterocycles. The Morgan fingerprint density at radius 3 is 2.83 bits per heavy atom. The minimum atomic E-state index is 0.388. The smallest absolute Gasteiger partial charge is 0.212 e. The molecular formula is C11H10N6O. The Balaban J connectivity index is 2.18. The lowest BCUT2D eigenvalue weighted by Crippen LogP contribution is -1.93. The third-order valence-corrected chi connectivity index (χ3v) is 2.61. The van der Waals surface area contributed by atoms with E-state index in [4.69, 9.17) is 10.5 Å². The Hall–Kier alpha value is -2.70. The Kier molecular flexibility index (Phi) is 2.30. The van der Waals surface area contributed by atoms with Gasteiger partial charge in [0, 0.05) is 17.8 Å². The predicted molar refractivity (Wildman–Crippen MR) is 65.9 cm³/mol. The van der Waals surface area contributed by atoms with E-state index in [0.717, 1.165) is 11.3 Å². The van der Waals surface area contributed by atoms with Crippen molar-refractivity contribution < 1.29 is 4.74 Å². The van der Waals surface area contributed by atoms with Crippen LogP contribution in [0.25, 0.3) is 22.3 Å². The van der Waals surface area contributed by atoms with E-state index in [1.165, 1.54) is 6.33 Å². The molecule has 0 spiro atoms. The van der Waals surface area contributed by atoms with Gasteiger partial charge in [-0.2, -0.15) is 5.10 Å². The van der Waals surface area contributed by atoms with Crippen molar-refractivity contribution in [1.82, 2.24) is 25.1 Å². The van der Waals surface area contributed by atoms with E-state index in [9.17, 15) is 0 Å². The van der Waals surface area contributed by atoms with E-state index in [1.807, 2.05) is 6.07 Å². The predicted octanol–water partition coefficient (Wildman–Crippen LogP) is 1.01. The van der Waals surface area contributed by atoms with Gasteiger partial charge in [-0.05, 0) is 6.07 Å². The second-order valence-electron chi connectivity index (χ2n) is 3.65. The summed E-state index contributed by atoms with van der Waals surface area (Å²) in [5.41, 5.74) is 7.97. The average Bonchev–Trinajstić information content (AvgIpc) is 2.84. The number of nitrogens with zero attached hydrogens (tertiary/aromatic N) is 4. The third kappa shape index (κ3) is 1.53. The summed E-state index contributed by atoms with van der Waals surface area (Å²) in [5.74, 6) is 0.936. The summed E-state index contributed by atoms with van der Waals surface area (Å²) >= 11 is 0. The third-order valence-electron chi connectivity index (χ3n) is 2.61. The first-order valence-corrected chi connectivity index (χ1v) is 5.24. The minimum Gasteiger partial charge on any atom is -0.481 e. The monoisotopic (exact) mass is 242 g/mol. The number of H-pyrrole nitrogens is 1. The average molecular weight is 242 g/mol. The number of hydrogen-bond donors (Lipinski definition) is 2. The van der Waals surface area contributed by atoms with Crippen LogP contribution in [0, 0.1) is 0 Å². The van der Waals surface area contributed by atoms with Crippen LogP contribution in [-0.2, 0) is 0 Å². The molecule has 0 unspecified atom stereocenters. The van der Waals surface area contributed by atoms with Crippen LogP contribution < -0.4 is 10.5 Å². The molecule has 0 aliphatic rings. The molecule has 3 aromatic heterocycles. The second-order valence-corrected chi connectivity index (χ2v) is 3.65. The van der Waals surface area contributed by atoms with Gasteiger partial charge in [-0.25, -0.2) is 15.0 Å². The SMILES string of the molecule is COc1ccc(-c2[nH]nc3ncnc(N)c23)cn1. The summed E-state index contributed by atoms with van der Waals surface area (Å²) in [6.07, 6.45) is 3.06. The van der Waals surface area contributed by atoms with E-state index >= 15 is 0 Å². The summed E-state index contributed by atoms with van der Waals surface area (Å²) in [6, 6.07) is 3.63. The maximum atomic E-state index is 5.84. The zero-order chi connectivity index (χ0) is 12.5. The number of hydrogen-bond acceptors (Lipinski definition) is 6. The highest BCUT2D eigenvalue weighted by atomic mass is 16.5. The van der Waals surface area contributed by atoms with Crippen molar-refractivity contribution in [3.63, 3.8) is 0 Å². The molecule has 3 rings (SSSR count). The normalized spacial score (nSPS) is 10.7. The number of nitrogens with one attached hydrogen (secondary N) is 1. The van der Waals surface area contributed by atoms with Gasteiger partial charge < -0.3 is 10.5 Å². The van der Waals surface area contributed by atoms with Gasteiger partial charge in [0.15, 0.2) is 5.65 Å². The molecule has 0 bridgehead atoms. The number of aromatic nitrogens is 5. The van der Waals surface area contributed by atoms with Gasteiger partial charge in [-0.1, -0.05) is 0 Å². The largest absolute Gasteiger partial charge is 0.481 e. The van der Waals surface area contributed by atoms with Crippen LogP contribution >= 0.6 is 0 Å². The van der Waals surface area contributed by atoms with Crippen molar-refractivity contribution >= 4 is 16.9 Å². The van der Waals surface area contributed by atoms with E-state index in [2.05, 4.69) is 25.1 Å². The Morgan fingerprint density at radius 1 is 1.22 bits per heavy atom. The number of anilines is 1. The van der Waals surface area contributed by atoms with Crippen molar-refractivity contribution in [2.24, 2.45) is 0 Å². The first kappa shape index (κ1) is 10.5. The van der Waals surface area contributed by atoms with E-state index in [1.54, 1.807) is 19.4 Å². The molecule has 18 heavy (non-hydrogen) atoms. The Bertz CT molecular complexity index is 690. The number of nitrogen functional groups attached to an aromatic ring is 1. The Labute approximate surface area is 102 Å². The molecular weight excluding hydrogens is 232 g/mol. The molecule has 3 heterocycles. The number of rotatable bonds is 2. The molecule has 0 saturated heterocycles. The van der Waals surface area contributed by atoms with Crippen LogP contribution in [-0.4, -0.2) is 32.3 Å². The van der Waals surface area contributed by atoms with Gasteiger partial charge in [0.25, 0.3) is 0 Å². The van der Waals surface area contributed by atoms with Gasteiger partial charge in [0.05, 0.1) is 18.2 Å². The number of ether oxygens (including phenoxy) is 1. The van der Waals surface area contributed by atoms with Gasteiger partial charge in [0.1, 0.15) is 12.1 Å². The van der Waals surface area contributed by atoms with Crippen LogP contribution in [0.2, 0.25) is 0 Å². The van der Waals surface area contributed by atoms with Crippen molar-refractivity contribution in [3.05, 3.63) is 24.7 Å². The molecule has 3 aromatic rings. The summed E-state index contributed by atoms with van der Waals surface area (Å²) in [7, 11) is 1.57. The lowest BCUT2D eigenvalue weighted by molar-refractivity contribution is 0.398. The summed E-state index contributed by atoms with van der Waals surface area (Å²) in [5, 5.41) is 7.68. The van der Waals surface area contributed by atoms with Crippen LogP contribution in [0.4, 0.5) is 5.82 Å². The molecule has 3 N–H and O–H groups in total. The Morgan fingerprint density at radius 2 is 2.11 bits per heavy atom. The maximum absolute atomic E-state index is 5.84. The van der Waals surface area contributed by atoms with Crippen LogP contribution in [0.1, 0.15) is 0 Å². The molecule has 0 aromatic carbocycles. The lowest BCUT2D eigenvalue weighted by Gasteiger charge is -2.01. The highest BCUT2D eigenvalue weighted by Gasteiger charge is 2.12. The van der Waals surface area contributed by atoms with E-state index in [0.29, 0.717) is 22.7 Å². The number of aromatic amines is 1. The second kappa shape index (κ2) is 3.95. The van der Waals surface area contributed by atoms with Gasteiger partial charge in [0.2, 0.25) is 5.88 Å². The highest BCUT2D eigenvalue weighted by molar-refractivity contribution is 5.97. The van der Waals surface area contributed by atoms with Gasteiger partial charge in [-0.15, -0.1) is 0 Å². The molecule has 0 fully saturated rings. The van der Waals surface area contributed by atoms with E-state index in [-0.39, 0.29) is 0 Å². The standard InChI is InChI=1S/C11H10N6O/c1-18-7-3-2-6(4-13-7)9-8-10(12)14-5-15-11(8)17-16-9/h2-5H,1H3,(H3,12,14,15,16,17). The molecule has 0 amide bonds. The number of nitrogens with two attached hydrogens (primary N) is 1. The van der Waals surface area contributed by atoms with Gasteiger partial charge >= 0.3 is 0 Å². The highest BCUT2D eigenvalue weighted by Crippen LogP contribution is 2.28. The van der Waals surface area contributed by atoms with Crippen molar-refractivity contribution in [3.8, 4) is 17.1 Å². The number of fused-ring (bicyclic) bond motifs is 1. The van der Waals surface area contributed by atoms with Crippen LogP contribution in [0.15, 0.2) is 24.7 Å². The quantitative estimate of drug-likeness (QED) is 0.695.